The summed E-state index contributed by atoms with van der Waals surface area (Å²) in [6.45, 7) is 2.33. The minimum absolute atomic E-state index is 0.133. The largest absolute Gasteiger partial charge is 0.322 e. The van der Waals surface area contributed by atoms with Crippen LogP contribution >= 0.6 is 0 Å². The van der Waals surface area contributed by atoms with E-state index in [1.54, 1.807) is 0 Å². The van der Waals surface area contributed by atoms with Crippen LogP contribution in [0.5, 0.6) is 0 Å². The Hall–Kier alpha value is -0.830. The summed E-state index contributed by atoms with van der Waals surface area (Å²) in [4.78, 5) is 0. The van der Waals surface area contributed by atoms with E-state index in [1.807, 2.05) is 24.0 Å². The smallest absolute Gasteiger partial charge is 0.0794 e. The second kappa shape index (κ2) is 4.35. The minimum Gasteiger partial charge on any atom is -0.322 e. The molecule has 0 radical (unpaired) electrons. The van der Waals surface area contributed by atoms with Gasteiger partial charge in [-0.15, -0.1) is 0 Å². The topological polar surface area (TPSA) is 43.8 Å². The zero-order valence-corrected chi connectivity index (χ0v) is 9.69. The van der Waals surface area contributed by atoms with Crippen molar-refractivity contribution < 1.29 is 0 Å². The van der Waals surface area contributed by atoms with Gasteiger partial charge in [-0.25, -0.2) is 0 Å². The molecule has 1 aliphatic rings. The van der Waals surface area contributed by atoms with Gasteiger partial charge in [0.2, 0.25) is 0 Å². The van der Waals surface area contributed by atoms with Gasteiger partial charge in [0.1, 0.15) is 0 Å². The van der Waals surface area contributed by atoms with Crippen LogP contribution in [-0.2, 0) is 7.05 Å². The summed E-state index contributed by atoms with van der Waals surface area (Å²) in [6, 6.07) is 2.18. The maximum atomic E-state index is 6.27. The van der Waals surface area contributed by atoms with Crippen LogP contribution in [0.25, 0.3) is 0 Å². The van der Waals surface area contributed by atoms with Gasteiger partial charge < -0.3 is 5.73 Å². The van der Waals surface area contributed by atoms with Crippen LogP contribution in [0.15, 0.2) is 12.3 Å². The van der Waals surface area contributed by atoms with Crippen molar-refractivity contribution in [2.45, 2.75) is 38.6 Å². The lowest BCUT2D eigenvalue weighted by Gasteiger charge is -2.30. The van der Waals surface area contributed by atoms with E-state index in [0.29, 0.717) is 5.92 Å². The van der Waals surface area contributed by atoms with Crippen LogP contribution < -0.4 is 5.73 Å². The number of hydrogen-bond acceptors (Lipinski definition) is 2. The molecule has 0 saturated heterocycles. The molecule has 2 N–H and O–H groups in total. The third-order valence-electron chi connectivity index (χ3n) is 3.56. The monoisotopic (exact) mass is 207 g/mol. The molecule has 1 aliphatic carbocycles. The molecule has 3 heteroatoms. The van der Waals surface area contributed by atoms with Gasteiger partial charge in [0.25, 0.3) is 0 Å². The van der Waals surface area contributed by atoms with E-state index in [0.717, 1.165) is 11.6 Å². The molecule has 0 spiro atoms. The van der Waals surface area contributed by atoms with Crippen LogP contribution in [0, 0.1) is 11.8 Å². The molecule has 84 valence electrons. The quantitative estimate of drug-likeness (QED) is 0.808. The van der Waals surface area contributed by atoms with Gasteiger partial charge in [-0.1, -0.05) is 19.8 Å². The second-order valence-electron chi connectivity index (χ2n) is 4.97. The van der Waals surface area contributed by atoms with Crippen molar-refractivity contribution >= 4 is 0 Å². The highest BCUT2D eigenvalue weighted by Crippen LogP contribution is 2.35. The standard InChI is InChI=1S/C12H21N3/c1-9-4-3-5-10(8-9)12(13)11-6-7-15(2)14-11/h6-7,9-10,12H,3-5,8,13H2,1-2H3. The molecule has 1 fully saturated rings. The molecule has 3 atom stereocenters. The maximum Gasteiger partial charge on any atom is 0.0794 e. The van der Waals surface area contributed by atoms with Gasteiger partial charge in [0.05, 0.1) is 11.7 Å². The molecule has 3 nitrogen and oxygen atoms in total. The summed E-state index contributed by atoms with van der Waals surface area (Å²) in [6.07, 6.45) is 7.19. The molecular weight excluding hydrogens is 186 g/mol. The molecule has 3 unspecified atom stereocenters. The SMILES string of the molecule is CC1CCCC(C(N)c2ccn(C)n2)C1. The molecule has 0 bridgehead atoms. The number of rotatable bonds is 2. The Kier molecular flexibility index (Phi) is 3.10. The fraction of sp³-hybridized carbons (Fsp3) is 0.750. The molecule has 0 amide bonds. The van der Waals surface area contributed by atoms with Crippen molar-refractivity contribution in [1.29, 1.82) is 0 Å². The molecule has 0 aromatic carbocycles. The zero-order chi connectivity index (χ0) is 10.8. The Morgan fingerprint density at radius 3 is 2.93 bits per heavy atom. The van der Waals surface area contributed by atoms with Crippen molar-refractivity contribution in [2.75, 3.05) is 0 Å². The lowest BCUT2D eigenvalue weighted by atomic mass is 9.78. The second-order valence-corrected chi connectivity index (χ2v) is 4.97. The Labute approximate surface area is 91.7 Å². The van der Waals surface area contributed by atoms with E-state index in [9.17, 15) is 0 Å². The Morgan fingerprint density at radius 2 is 2.33 bits per heavy atom. The third kappa shape index (κ3) is 2.40. The lowest BCUT2D eigenvalue weighted by molar-refractivity contribution is 0.245. The first kappa shape index (κ1) is 10.7. The fourth-order valence-corrected chi connectivity index (χ4v) is 2.66. The van der Waals surface area contributed by atoms with E-state index >= 15 is 0 Å². The normalized spacial score (nSPS) is 29.0. The van der Waals surface area contributed by atoms with Crippen molar-refractivity contribution in [3.63, 3.8) is 0 Å². The van der Waals surface area contributed by atoms with Crippen molar-refractivity contribution in [3.05, 3.63) is 18.0 Å². The number of nitrogens with two attached hydrogens (primary N) is 1. The van der Waals surface area contributed by atoms with Gasteiger partial charge in [-0.05, 0) is 30.7 Å². The molecular formula is C12H21N3. The highest BCUT2D eigenvalue weighted by molar-refractivity contribution is 5.06. The predicted molar refractivity (Wildman–Crippen MR) is 61.3 cm³/mol. The zero-order valence-electron chi connectivity index (χ0n) is 9.69. The highest BCUT2D eigenvalue weighted by atomic mass is 15.3. The Morgan fingerprint density at radius 1 is 1.53 bits per heavy atom. The summed E-state index contributed by atoms with van der Waals surface area (Å²) >= 11 is 0. The average molecular weight is 207 g/mol. The Bertz CT molecular complexity index is 318. The van der Waals surface area contributed by atoms with Gasteiger partial charge in [0, 0.05) is 13.2 Å². The van der Waals surface area contributed by atoms with E-state index in [1.165, 1.54) is 25.7 Å². The summed E-state index contributed by atoms with van der Waals surface area (Å²) in [7, 11) is 1.94. The van der Waals surface area contributed by atoms with Gasteiger partial charge in [0.15, 0.2) is 0 Å². The van der Waals surface area contributed by atoms with Crippen LogP contribution in [0.2, 0.25) is 0 Å². The van der Waals surface area contributed by atoms with Crippen LogP contribution in [0.1, 0.15) is 44.3 Å². The predicted octanol–water partition coefficient (Wildman–Crippen LogP) is 2.25. The van der Waals surface area contributed by atoms with E-state index in [-0.39, 0.29) is 6.04 Å². The van der Waals surface area contributed by atoms with Gasteiger partial charge in [-0.2, -0.15) is 5.10 Å². The molecule has 1 heterocycles. The fourth-order valence-electron chi connectivity index (χ4n) is 2.66. The van der Waals surface area contributed by atoms with Crippen molar-refractivity contribution in [2.24, 2.45) is 24.6 Å². The van der Waals surface area contributed by atoms with E-state index in [4.69, 9.17) is 5.73 Å². The number of aromatic nitrogens is 2. The third-order valence-corrected chi connectivity index (χ3v) is 3.56. The lowest BCUT2D eigenvalue weighted by Crippen LogP contribution is -2.26. The van der Waals surface area contributed by atoms with Gasteiger partial charge >= 0.3 is 0 Å². The molecule has 0 aliphatic heterocycles. The Balaban J connectivity index is 2.03. The minimum atomic E-state index is 0.133. The first-order valence-electron chi connectivity index (χ1n) is 5.92. The van der Waals surface area contributed by atoms with Crippen LogP contribution in [0.4, 0.5) is 0 Å². The van der Waals surface area contributed by atoms with Crippen LogP contribution in [0.3, 0.4) is 0 Å². The number of aryl methyl sites for hydroxylation is 1. The summed E-state index contributed by atoms with van der Waals surface area (Å²) < 4.78 is 1.83. The molecule has 1 aromatic rings. The summed E-state index contributed by atoms with van der Waals surface area (Å²) in [5.41, 5.74) is 7.32. The first-order valence-corrected chi connectivity index (χ1v) is 5.92. The van der Waals surface area contributed by atoms with Crippen LogP contribution in [-0.4, -0.2) is 9.78 Å². The van der Waals surface area contributed by atoms with E-state index in [2.05, 4.69) is 12.0 Å². The number of hydrogen-bond donors (Lipinski definition) is 1. The number of nitrogens with zero attached hydrogens (tertiary/aromatic N) is 2. The average Bonchev–Trinajstić information content (AvgIpc) is 2.64. The highest BCUT2D eigenvalue weighted by Gasteiger charge is 2.26. The van der Waals surface area contributed by atoms with Crippen molar-refractivity contribution in [1.82, 2.24) is 9.78 Å². The van der Waals surface area contributed by atoms with Crippen molar-refractivity contribution in [3.8, 4) is 0 Å². The molecule has 1 aromatic heterocycles. The first-order chi connectivity index (χ1) is 7.16. The molecule has 15 heavy (non-hydrogen) atoms. The van der Waals surface area contributed by atoms with Gasteiger partial charge in [-0.3, -0.25) is 4.68 Å². The maximum absolute atomic E-state index is 6.27. The molecule has 2 rings (SSSR count). The molecule has 1 saturated carbocycles. The summed E-state index contributed by atoms with van der Waals surface area (Å²) in [5, 5.41) is 4.40. The van der Waals surface area contributed by atoms with E-state index < -0.39 is 0 Å². The summed E-state index contributed by atoms with van der Waals surface area (Å²) in [5.74, 6) is 1.46.